The van der Waals surface area contributed by atoms with Crippen LogP contribution in [0.5, 0.6) is 0 Å². The number of rotatable bonds is 20. The minimum Gasteiger partial charge on any atom is -0.370 e. The van der Waals surface area contributed by atoms with E-state index in [1.807, 2.05) is 13.0 Å². The Morgan fingerprint density at radius 1 is 0.866 bits per heavy atom. The van der Waals surface area contributed by atoms with E-state index in [4.69, 9.17) is 5.73 Å². The molecular weight excluding hydrogens is 1080 g/mol. The molecule has 1 unspecified atom stereocenters. The Hall–Kier alpha value is -7.86. The molecule has 23 heteroatoms. The van der Waals surface area contributed by atoms with E-state index < -0.39 is 84.5 Å². The van der Waals surface area contributed by atoms with E-state index in [2.05, 4.69) is 33.1 Å². The number of carbonyl (C=O) groups excluding carboxylic acids is 9. The minimum atomic E-state index is -5.88. The SMILES string of the molecule is CCCC[C@H](NC(=O)c1ccc2ccc(C(F)(F)P(=O)(O)O)cc2c1)C(=O)N1C[C@@H]2C[C@@H]2[C@H]1C(=O)N[C@@H](CCC(N)=O)C(=O)N[C@H](C(=O)N1CCC(CCC#Cc2cccc3c2CN(C2CCC(=O)NC2=O)C3=O)CC1)c1ccccc1. The van der Waals surface area contributed by atoms with E-state index in [0.29, 0.717) is 73.7 Å². The molecule has 5 aliphatic rings. The van der Waals surface area contributed by atoms with Crippen molar-refractivity contribution in [3.05, 3.63) is 118 Å². The molecule has 4 heterocycles. The number of unbranched alkanes of at least 4 members (excludes halogenated alkanes) is 1. The van der Waals surface area contributed by atoms with Crippen LogP contribution in [-0.2, 0) is 50.3 Å². The van der Waals surface area contributed by atoms with E-state index in [9.17, 15) is 66.3 Å². The summed E-state index contributed by atoms with van der Waals surface area (Å²) in [7, 11) is -5.88. The lowest BCUT2D eigenvalue weighted by Gasteiger charge is -2.35. The fraction of sp³-hybridized carbons (Fsp3) is 0.441. The Balaban J connectivity index is 0.832. The molecule has 9 amide bonds. The van der Waals surface area contributed by atoms with Crippen molar-refractivity contribution in [2.24, 2.45) is 23.5 Å². The molecule has 82 heavy (non-hydrogen) atoms. The molecule has 1 saturated carbocycles. The highest BCUT2D eigenvalue weighted by molar-refractivity contribution is 7.52. The maximum absolute atomic E-state index is 14.6. The summed E-state index contributed by atoms with van der Waals surface area (Å²) in [5.74, 6) is 1.44. The van der Waals surface area contributed by atoms with Gasteiger partial charge in [0.2, 0.25) is 41.4 Å². The fourth-order valence-electron chi connectivity index (χ4n) is 11.6. The van der Waals surface area contributed by atoms with Gasteiger partial charge in [0.1, 0.15) is 30.2 Å². The molecule has 4 aromatic carbocycles. The molecule has 432 valence electrons. The van der Waals surface area contributed by atoms with Crippen LogP contribution in [0.3, 0.4) is 0 Å². The van der Waals surface area contributed by atoms with Crippen LogP contribution in [0.15, 0.2) is 84.9 Å². The summed E-state index contributed by atoms with van der Waals surface area (Å²) >= 11 is 0. The normalized spacial score (nSPS) is 20.8. The topological polar surface area (TPSA) is 295 Å². The Bertz CT molecular complexity index is 3320. The first-order chi connectivity index (χ1) is 39.1. The van der Waals surface area contributed by atoms with Crippen molar-refractivity contribution in [3.63, 3.8) is 0 Å². The number of benzene rings is 4. The summed E-state index contributed by atoms with van der Waals surface area (Å²) in [5.41, 5.74) is 2.50. The molecule has 8 N–H and O–H groups in total. The molecule has 0 radical (unpaired) electrons. The quantitative estimate of drug-likeness (QED) is 0.0362. The van der Waals surface area contributed by atoms with Crippen molar-refractivity contribution in [2.75, 3.05) is 19.6 Å². The number of amides is 9. The first kappa shape index (κ1) is 58.8. The van der Waals surface area contributed by atoms with Crippen molar-refractivity contribution in [1.82, 2.24) is 36.0 Å². The molecule has 7 atom stereocenters. The van der Waals surface area contributed by atoms with Gasteiger partial charge in [0.05, 0.1) is 0 Å². The van der Waals surface area contributed by atoms with Gasteiger partial charge in [-0.05, 0) is 115 Å². The van der Waals surface area contributed by atoms with Crippen molar-refractivity contribution < 1.29 is 66.3 Å². The van der Waals surface area contributed by atoms with Gasteiger partial charge in [0.25, 0.3) is 11.8 Å². The van der Waals surface area contributed by atoms with Crippen LogP contribution in [0.1, 0.15) is 133 Å². The zero-order valence-electron chi connectivity index (χ0n) is 45.1. The van der Waals surface area contributed by atoms with Crippen molar-refractivity contribution in [1.29, 1.82) is 0 Å². The number of carbonyl (C=O) groups is 9. The average molecular weight is 1150 g/mol. The van der Waals surface area contributed by atoms with Crippen LogP contribution in [-0.4, -0.2) is 121 Å². The monoisotopic (exact) mass is 1150 g/mol. The third kappa shape index (κ3) is 12.9. The molecule has 4 aromatic rings. The maximum Gasteiger partial charge on any atom is 0.399 e. The molecule has 0 bridgehead atoms. The highest BCUT2D eigenvalue weighted by Gasteiger charge is 2.58. The number of hydrogen-bond donors (Lipinski definition) is 7. The second-order valence-electron chi connectivity index (χ2n) is 21.9. The molecule has 4 fully saturated rings. The standard InChI is InChI=1S/C59H65F2N8O12P/c1-2-3-16-46(64-52(72)38-18-17-35-19-20-41(30-39(35)29-38)59(60,61)82(79,80)81)57(77)69-32-40-31-43(40)51(69)55(75)63-45(21-23-48(62)70)53(73)66-50(37-12-5-4-6-13-37)58(78)67-27-25-34(26-28-67)10-7-8-11-36-14-9-15-42-44(36)33-68(56(42)76)47-22-24-49(71)65-54(47)74/h4-6,9,12-15,17-20,29-30,34,40,43,45-47,50-51H,2-3,7,10,16,21-28,31-33H2,1H3,(H2,62,70)(H,63,75)(H,64,72)(H,66,73)(H,65,71,74)(H2,79,80,81)/t40-,43-,45-,46-,47?,50-,51-/m0/s1. The largest absolute Gasteiger partial charge is 0.399 e. The summed E-state index contributed by atoms with van der Waals surface area (Å²) < 4.78 is 40.9. The van der Waals surface area contributed by atoms with Gasteiger partial charge in [-0.25, -0.2) is 0 Å². The Kier molecular flexibility index (Phi) is 17.7. The summed E-state index contributed by atoms with van der Waals surface area (Å²) in [4.78, 5) is 145. The molecule has 20 nitrogen and oxygen atoms in total. The Morgan fingerprint density at radius 3 is 2.32 bits per heavy atom. The van der Waals surface area contributed by atoms with E-state index in [1.54, 1.807) is 47.4 Å². The summed E-state index contributed by atoms with van der Waals surface area (Å²) in [5, 5.41) is 11.2. The lowest BCUT2D eigenvalue weighted by molar-refractivity contribution is -0.142. The van der Waals surface area contributed by atoms with Crippen LogP contribution >= 0.6 is 7.60 Å². The lowest BCUT2D eigenvalue weighted by Crippen LogP contribution is -2.58. The number of hydrogen-bond acceptors (Lipinski definition) is 10. The predicted molar refractivity (Wildman–Crippen MR) is 293 cm³/mol. The number of halogens is 2. The van der Waals surface area contributed by atoms with Crippen molar-refractivity contribution in [2.45, 2.75) is 126 Å². The van der Waals surface area contributed by atoms with Gasteiger partial charge >= 0.3 is 13.3 Å². The number of alkyl halides is 2. The van der Waals surface area contributed by atoms with Crippen LogP contribution in [0.4, 0.5) is 8.78 Å². The van der Waals surface area contributed by atoms with Gasteiger partial charge in [0, 0.05) is 67.7 Å². The number of fused-ring (bicyclic) bond motifs is 3. The Labute approximate surface area is 471 Å². The highest BCUT2D eigenvalue weighted by Crippen LogP contribution is 2.59. The van der Waals surface area contributed by atoms with Crippen LogP contribution in [0.25, 0.3) is 10.8 Å². The van der Waals surface area contributed by atoms with E-state index in [0.717, 1.165) is 24.1 Å². The minimum absolute atomic E-state index is 0.0207. The average Bonchev–Trinajstić information content (AvgIpc) is 4.03. The second-order valence-corrected chi connectivity index (χ2v) is 23.5. The molecule has 0 aromatic heterocycles. The van der Waals surface area contributed by atoms with Crippen LogP contribution in [0.2, 0.25) is 0 Å². The number of imide groups is 1. The Morgan fingerprint density at radius 2 is 1.61 bits per heavy atom. The van der Waals surface area contributed by atoms with Crippen molar-refractivity contribution in [3.8, 4) is 11.8 Å². The summed E-state index contributed by atoms with van der Waals surface area (Å²) in [6, 6.07) is 15.6. The number of piperidine rings is 3. The van der Waals surface area contributed by atoms with Gasteiger partial charge in [-0.1, -0.05) is 86.2 Å². The van der Waals surface area contributed by atoms with Gasteiger partial charge in [-0.3, -0.25) is 53.0 Å². The molecular formula is C59H65F2N8O12P. The van der Waals surface area contributed by atoms with Crippen LogP contribution in [0, 0.1) is 29.6 Å². The number of primary amides is 1. The third-order valence-corrected chi connectivity index (χ3v) is 17.3. The molecule has 3 saturated heterocycles. The summed E-state index contributed by atoms with van der Waals surface area (Å²) in [6.07, 6.45) is 4.44. The number of nitrogens with zero attached hydrogens (tertiary/aromatic N) is 3. The molecule has 9 rings (SSSR count). The smallest absolute Gasteiger partial charge is 0.370 e. The molecule has 0 spiro atoms. The maximum atomic E-state index is 14.6. The zero-order chi connectivity index (χ0) is 58.6. The van der Waals surface area contributed by atoms with E-state index >= 15 is 0 Å². The number of nitrogens with one attached hydrogen (secondary N) is 4. The van der Waals surface area contributed by atoms with Gasteiger partial charge in [-0.15, -0.1) is 0 Å². The van der Waals surface area contributed by atoms with Crippen molar-refractivity contribution >= 4 is 71.5 Å². The van der Waals surface area contributed by atoms with Crippen LogP contribution < -0.4 is 27.0 Å². The van der Waals surface area contributed by atoms with Gasteiger partial charge in [-0.2, -0.15) is 8.78 Å². The highest BCUT2D eigenvalue weighted by atomic mass is 31.2. The number of likely N-dealkylation sites (tertiary alicyclic amines) is 2. The third-order valence-electron chi connectivity index (χ3n) is 16.4. The fourth-order valence-corrected chi connectivity index (χ4v) is 12.1. The second kappa shape index (κ2) is 24.7. The predicted octanol–water partition coefficient (Wildman–Crippen LogP) is 4.64. The number of nitrogens with two attached hydrogens (primary N) is 1. The molecule has 4 aliphatic heterocycles. The first-order valence-electron chi connectivity index (χ1n) is 27.7. The molecule has 1 aliphatic carbocycles. The first-order valence-corrected chi connectivity index (χ1v) is 29.3. The lowest BCUT2D eigenvalue weighted by atomic mass is 9.91. The van der Waals surface area contributed by atoms with Gasteiger partial charge < -0.3 is 46.2 Å². The van der Waals surface area contributed by atoms with Gasteiger partial charge in [0.15, 0.2) is 0 Å². The van der Waals surface area contributed by atoms with E-state index in [1.165, 1.54) is 34.1 Å². The van der Waals surface area contributed by atoms with E-state index in [-0.39, 0.29) is 91.6 Å². The summed E-state index contributed by atoms with van der Waals surface area (Å²) in [6.45, 7) is 3.07. The zero-order valence-corrected chi connectivity index (χ0v) is 46.0.